The highest BCUT2D eigenvalue weighted by atomic mass is 32.2. The summed E-state index contributed by atoms with van der Waals surface area (Å²) in [6.07, 6.45) is 0.777. The fraction of sp³-hybridized carbons (Fsp3) is 0.250. The van der Waals surface area contributed by atoms with Crippen molar-refractivity contribution in [2.75, 3.05) is 6.54 Å². The van der Waals surface area contributed by atoms with Crippen LogP contribution in [0.1, 0.15) is 23.6 Å². The summed E-state index contributed by atoms with van der Waals surface area (Å²) in [5.41, 5.74) is 2.69. The van der Waals surface area contributed by atoms with Gasteiger partial charge in [0.05, 0.1) is 10.4 Å². The fourth-order valence-corrected chi connectivity index (χ4v) is 5.69. The van der Waals surface area contributed by atoms with Crippen LogP contribution in [-0.4, -0.2) is 19.3 Å². The van der Waals surface area contributed by atoms with E-state index < -0.39 is 15.6 Å². The van der Waals surface area contributed by atoms with Crippen LogP contribution in [0, 0.1) is 0 Å². The van der Waals surface area contributed by atoms with Gasteiger partial charge in [-0.05, 0) is 36.1 Å². The van der Waals surface area contributed by atoms with Crippen molar-refractivity contribution in [3.8, 4) is 0 Å². The largest absolute Gasteiger partial charge is 0.244 e. The lowest BCUT2D eigenvalue weighted by Crippen LogP contribution is -2.47. The molecular weight excluding hydrogens is 270 g/mol. The first kappa shape index (κ1) is 12.1. The number of nitrogens with zero attached hydrogens (tertiary/aromatic N) is 1. The number of sulfonamides is 1. The third kappa shape index (κ3) is 1.26. The van der Waals surface area contributed by atoms with E-state index in [-0.39, 0.29) is 0 Å². The first-order valence-corrected chi connectivity index (χ1v) is 8.21. The van der Waals surface area contributed by atoms with Crippen LogP contribution in [0.15, 0.2) is 53.4 Å². The molecule has 0 saturated heterocycles. The van der Waals surface area contributed by atoms with Gasteiger partial charge in [-0.15, -0.1) is 0 Å². The number of rotatable bonds is 0. The molecule has 0 N–H and O–H groups in total. The van der Waals surface area contributed by atoms with Crippen molar-refractivity contribution in [3.63, 3.8) is 0 Å². The molecule has 102 valence electrons. The number of benzene rings is 2. The quantitative estimate of drug-likeness (QED) is 0.746. The number of fused-ring (bicyclic) bond motifs is 5. The van der Waals surface area contributed by atoms with Crippen molar-refractivity contribution in [1.29, 1.82) is 0 Å². The predicted octanol–water partition coefficient (Wildman–Crippen LogP) is 2.51. The maximum Gasteiger partial charge on any atom is 0.244 e. The Morgan fingerprint density at radius 2 is 1.65 bits per heavy atom. The minimum absolute atomic E-state index is 0.458. The molecule has 0 radical (unpaired) electrons. The van der Waals surface area contributed by atoms with Gasteiger partial charge >= 0.3 is 0 Å². The van der Waals surface area contributed by atoms with E-state index in [9.17, 15) is 8.42 Å². The van der Waals surface area contributed by atoms with Gasteiger partial charge in [-0.2, -0.15) is 4.31 Å². The molecule has 0 spiro atoms. The molecule has 4 heteroatoms. The molecule has 20 heavy (non-hydrogen) atoms. The lowest BCUT2D eigenvalue weighted by Gasteiger charge is -2.40. The molecule has 1 atom stereocenters. The molecule has 3 nitrogen and oxygen atoms in total. The Labute approximate surface area is 118 Å². The van der Waals surface area contributed by atoms with Crippen LogP contribution in [0.4, 0.5) is 0 Å². The van der Waals surface area contributed by atoms with E-state index in [0.717, 1.165) is 17.5 Å². The van der Waals surface area contributed by atoms with Gasteiger partial charge in [0.2, 0.25) is 10.0 Å². The summed E-state index contributed by atoms with van der Waals surface area (Å²) in [6, 6.07) is 15.5. The maximum absolute atomic E-state index is 12.8. The number of hydrogen-bond donors (Lipinski definition) is 0. The van der Waals surface area contributed by atoms with Crippen molar-refractivity contribution in [2.24, 2.45) is 0 Å². The molecule has 0 saturated carbocycles. The highest BCUT2D eigenvalue weighted by Crippen LogP contribution is 2.50. The van der Waals surface area contributed by atoms with E-state index in [1.807, 2.05) is 31.2 Å². The summed E-state index contributed by atoms with van der Waals surface area (Å²) in [7, 11) is -3.37. The highest BCUT2D eigenvalue weighted by Gasteiger charge is 2.53. The van der Waals surface area contributed by atoms with Crippen LogP contribution in [-0.2, 0) is 22.0 Å². The normalized spacial score (nSPS) is 26.6. The van der Waals surface area contributed by atoms with E-state index >= 15 is 0 Å². The molecule has 0 fully saturated rings. The Morgan fingerprint density at radius 1 is 1.00 bits per heavy atom. The minimum Gasteiger partial charge on any atom is -0.207 e. The van der Waals surface area contributed by atoms with E-state index in [1.54, 1.807) is 16.4 Å². The Kier molecular flexibility index (Phi) is 2.25. The Morgan fingerprint density at radius 3 is 2.45 bits per heavy atom. The van der Waals surface area contributed by atoms with Crippen LogP contribution in [0.3, 0.4) is 0 Å². The molecule has 0 amide bonds. The van der Waals surface area contributed by atoms with Crippen LogP contribution in [0.2, 0.25) is 0 Å². The molecule has 0 aromatic heterocycles. The first-order chi connectivity index (χ1) is 9.56. The second-order valence-electron chi connectivity index (χ2n) is 5.55. The van der Waals surface area contributed by atoms with Gasteiger partial charge in [-0.3, -0.25) is 0 Å². The predicted molar refractivity (Wildman–Crippen MR) is 76.9 cm³/mol. The van der Waals surface area contributed by atoms with Gasteiger partial charge < -0.3 is 0 Å². The third-order valence-corrected chi connectivity index (χ3v) is 6.64. The molecule has 2 aromatic carbocycles. The van der Waals surface area contributed by atoms with Crippen molar-refractivity contribution in [1.82, 2.24) is 4.31 Å². The number of hydrogen-bond acceptors (Lipinski definition) is 2. The summed E-state index contributed by atoms with van der Waals surface area (Å²) in [5.74, 6) is 0. The monoisotopic (exact) mass is 285 g/mol. The lowest BCUT2D eigenvalue weighted by atomic mass is 9.79. The summed E-state index contributed by atoms with van der Waals surface area (Å²) < 4.78 is 27.2. The van der Waals surface area contributed by atoms with Crippen molar-refractivity contribution in [3.05, 3.63) is 65.2 Å². The molecular formula is C16H15NO2S. The summed E-state index contributed by atoms with van der Waals surface area (Å²) in [5, 5.41) is 0. The zero-order valence-electron chi connectivity index (χ0n) is 11.2. The Hall–Kier alpha value is -1.65. The smallest absolute Gasteiger partial charge is 0.207 e. The highest BCUT2D eigenvalue weighted by molar-refractivity contribution is 7.89. The SMILES string of the molecule is C[C@]12c3ccccc3CCN1S(=O)(=O)c1ccccc12. The van der Waals surface area contributed by atoms with Crippen molar-refractivity contribution in [2.45, 2.75) is 23.8 Å². The van der Waals surface area contributed by atoms with E-state index in [0.29, 0.717) is 11.4 Å². The summed E-state index contributed by atoms with van der Waals surface area (Å²) in [6.45, 7) is 2.57. The van der Waals surface area contributed by atoms with Crippen LogP contribution in [0.5, 0.6) is 0 Å². The zero-order valence-corrected chi connectivity index (χ0v) is 12.0. The molecule has 0 aliphatic carbocycles. The van der Waals surface area contributed by atoms with Crippen LogP contribution < -0.4 is 0 Å². The molecule has 2 aliphatic heterocycles. The van der Waals surface area contributed by atoms with Crippen molar-refractivity contribution >= 4 is 10.0 Å². The lowest BCUT2D eigenvalue weighted by molar-refractivity contribution is 0.253. The molecule has 4 rings (SSSR count). The summed E-state index contributed by atoms with van der Waals surface area (Å²) >= 11 is 0. The van der Waals surface area contributed by atoms with E-state index in [1.165, 1.54) is 5.56 Å². The Bertz CT molecular complexity index is 813. The maximum atomic E-state index is 12.8. The second-order valence-corrected chi connectivity index (χ2v) is 7.38. The first-order valence-electron chi connectivity index (χ1n) is 6.77. The molecule has 0 bridgehead atoms. The van der Waals surface area contributed by atoms with Gasteiger partial charge in [0.1, 0.15) is 0 Å². The van der Waals surface area contributed by atoms with Crippen LogP contribution in [0.25, 0.3) is 0 Å². The Balaban J connectivity index is 2.11. The topological polar surface area (TPSA) is 37.4 Å². The molecule has 2 aliphatic rings. The van der Waals surface area contributed by atoms with E-state index in [2.05, 4.69) is 12.1 Å². The molecule has 2 heterocycles. The fourth-order valence-electron chi connectivity index (χ4n) is 3.65. The standard InChI is InChI=1S/C16H15NO2S/c1-16-13-7-3-2-6-12(13)10-11-17(16)20(18,19)15-9-5-4-8-14(15)16/h2-9H,10-11H2,1H3/t16-/m1/s1. The van der Waals surface area contributed by atoms with Gasteiger partial charge in [0.25, 0.3) is 0 Å². The molecule has 2 aromatic rings. The second kappa shape index (κ2) is 3.71. The average molecular weight is 285 g/mol. The van der Waals surface area contributed by atoms with E-state index in [4.69, 9.17) is 0 Å². The van der Waals surface area contributed by atoms with Gasteiger partial charge in [0.15, 0.2) is 0 Å². The zero-order chi connectivity index (χ0) is 14.0. The van der Waals surface area contributed by atoms with Crippen LogP contribution >= 0.6 is 0 Å². The third-order valence-electron chi connectivity index (χ3n) is 4.60. The van der Waals surface area contributed by atoms with Gasteiger partial charge in [0, 0.05) is 6.54 Å². The average Bonchev–Trinajstić information content (AvgIpc) is 2.65. The van der Waals surface area contributed by atoms with Gasteiger partial charge in [-0.25, -0.2) is 8.42 Å². The molecule has 0 unspecified atom stereocenters. The summed E-state index contributed by atoms with van der Waals surface area (Å²) in [4.78, 5) is 0.458. The van der Waals surface area contributed by atoms with Gasteiger partial charge in [-0.1, -0.05) is 42.5 Å². The van der Waals surface area contributed by atoms with Crippen molar-refractivity contribution < 1.29 is 8.42 Å². The minimum atomic E-state index is -3.37.